The molecule has 0 spiro atoms. The van der Waals surface area contributed by atoms with Crippen molar-refractivity contribution >= 4 is 27.5 Å². The topological polar surface area (TPSA) is 59.8 Å². The van der Waals surface area contributed by atoms with E-state index in [4.69, 9.17) is 0 Å². The molecule has 1 aromatic heterocycles. The second-order valence-electron chi connectivity index (χ2n) is 5.83. The summed E-state index contributed by atoms with van der Waals surface area (Å²) in [5.41, 5.74) is 2.40. The lowest BCUT2D eigenvalue weighted by Gasteiger charge is -2.05. The number of halogens is 1. The Balaban J connectivity index is 1.75. The predicted molar refractivity (Wildman–Crippen MR) is 109 cm³/mol. The molecule has 0 unspecified atom stereocenters. The second-order valence-corrected chi connectivity index (χ2v) is 6.75. The number of hydrogen-bond acceptors (Lipinski definition) is 3. The number of nitrogens with one attached hydrogen (secondary N) is 1. The summed E-state index contributed by atoms with van der Waals surface area (Å²) >= 11 is 3.44. The molecule has 1 heterocycles. The van der Waals surface area contributed by atoms with Crippen molar-refractivity contribution in [2.75, 3.05) is 5.32 Å². The number of benzene rings is 3. The first kappa shape index (κ1) is 17.2. The number of amides is 1. The average molecular weight is 419 g/mol. The Morgan fingerprint density at radius 3 is 2.15 bits per heavy atom. The number of rotatable bonds is 4. The molecule has 3 aromatic carbocycles. The number of carbonyl (C=O) groups is 1. The minimum absolute atomic E-state index is 0.112. The molecule has 0 bridgehead atoms. The molecule has 27 heavy (non-hydrogen) atoms. The molecule has 0 fully saturated rings. The zero-order chi connectivity index (χ0) is 18.6. The van der Waals surface area contributed by atoms with Crippen LogP contribution in [0.4, 0.5) is 5.69 Å². The van der Waals surface area contributed by atoms with E-state index in [9.17, 15) is 4.79 Å². The Labute approximate surface area is 164 Å². The number of hydrogen-bond donors (Lipinski definition) is 1. The lowest BCUT2D eigenvalue weighted by atomic mass is 10.2. The highest BCUT2D eigenvalue weighted by Gasteiger charge is 2.18. The van der Waals surface area contributed by atoms with E-state index in [1.165, 1.54) is 0 Å². The van der Waals surface area contributed by atoms with Crippen molar-refractivity contribution in [2.45, 2.75) is 0 Å². The largest absolute Gasteiger partial charge is 0.319 e. The maximum Gasteiger partial charge on any atom is 0.295 e. The van der Waals surface area contributed by atoms with Crippen LogP contribution in [0.2, 0.25) is 0 Å². The fraction of sp³-hybridized carbons (Fsp3) is 0. The van der Waals surface area contributed by atoms with E-state index in [0.717, 1.165) is 15.7 Å². The number of anilines is 1. The average Bonchev–Trinajstić information content (AvgIpc) is 3.16. The summed E-state index contributed by atoms with van der Waals surface area (Å²) in [7, 11) is 0. The maximum absolute atomic E-state index is 12.6. The second kappa shape index (κ2) is 7.55. The molecular formula is C21H15BrN4O. The summed E-state index contributed by atoms with van der Waals surface area (Å²) in [4.78, 5) is 17.1. The summed E-state index contributed by atoms with van der Waals surface area (Å²) in [6.45, 7) is 0. The lowest BCUT2D eigenvalue weighted by Crippen LogP contribution is -2.14. The normalized spacial score (nSPS) is 10.6. The summed E-state index contributed by atoms with van der Waals surface area (Å²) in [5, 5.41) is 7.28. The smallest absolute Gasteiger partial charge is 0.295 e. The van der Waals surface area contributed by atoms with Crippen LogP contribution in [0, 0.1) is 0 Å². The van der Waals surface area contributed by atoms with Gasteiger partial charge in [-0.1, -0.05) is 64.5 Å². The van der Waals surface area contributed by atoms with Gasteiger partial charge in [-0.2, -0.15) is 0 Å². The molecule has 0 aliphatic carbocycles. The van der Waals surface area contributed by atoms with Crippen molar-refractivity contribution in [1.29, 1.82) is 0 Å². The van der Waals surface area contributed by atoms with Gasteiger partial charge in [-0.15, -0.1) is 5.10 Å². The Morgan fingerprint density at radius 1 is 0.852 bits per heavy atom. The van der Waals surface area contributed by atoms with E-state index in [1.807, 2.05) is 84.9 Å². The molecule has 4 rings (SSSR count). The molecule has 0 saturated carbocycles. The monoisotopic (exact) mass is 418 g/mol. The van der Waals surface area contributed by atoms with Crippen LogP contribution in [0.3, 0.4) is 0 Å². The van der Waals surface area contributed by atoms with E-state index in [2.05, 4.69) is 31.3 Å². The fourth-order valence-electron chi connectivity index (χ4n) is 2.65. The van der Waals surface area contributed by atoms with Gasteiger partial charge in [0.25, 0.3) is 5.91 Å². The molecular weight excluding hydrogens is 404 g/mol. The molecule has 0 aliphatic rings. The van der Waals surface area contributed by atoms with Gasteiger partial charge in [0, 0.05) is 15.7 Å². The number of para-hydroxylation sites is 2. The lowest BCUT2D eigenvalue weighted by molar-refractivity contribution is 0.101. The molecule has 1 N–H and O–H groups in total. The summed E-state index contributed by atoms with van der Waals surface area (Å²) in [6, 6.07) is 26.6. The molecule has 0 radical (unpaired) electrons. The Hall–Kier alpha value is -3.25. The van der Waals surface area contributed by atoms with E-state index >= 15 is 0 Å². The first-order valence-electron chi connectivity index (χ1n) is 8.35. The molecule has 0 aliphatic heterocycles. The van der Waals surface area contributed by atoms with Crippen molar-refractivity contribution < 1.29 is 4.79 Å². The standard InChI is InChI=1S/C21H15BrN4O/c22-16-13-11-15(12-14-16)20-24-19(21(27)23-17-7-3-1-4-8-17)25-26(20)18-9-5-2-6-10-18/h1-14H,(H,23,27). The van der Waals surface area contributed by atoms with Crippen molar-refractivity contribution in [3.8, 4) is 17.1 Å². The van der Waals surface area contributed by atoms with Gasteiger partial charge in [0.1, 0.15) is 0 Å². The van der Waals surface area contributed by atoms with Gasteiger partial charge >= 0.3 is 0 Å². The van der Waals surface area contributed by atoms with E-state index in [-0.39, 0.29) is 11.7 Å². The fourth-order valence-corrected chi connectivity index (χ4v) is 2.92. The van der Waals surface area contributed by atoms with E-state index in [1.54, 1.807) is 4.68 Å². The maximum atomic E-state index is 12.6. The van der Waals surface area contributed by atoms with E-state index < -0.39 is 0 Å². The Morgan fingerprint density at radius 2 is 1.48 bits per heavy atom. The Bertz CT molecular complexity index is 1060. The summed E-state index contributed by atoms with van der Waals surface area (Å²) < 4.78 is 2.66. The van der Waals surface area contributed by atoms with Crippen LogP contribution in [-0.4, -0.2) is 20.7 Å². The van der Waals surface area contributed by atoms with Gasteiger partial charge in [0.2, 0.25) is 5.82 Å². The molecule has 6 heteroatoms. The van der Waals surface area contributed by atoms with Crippen molar-refractivity contribution in [1.82, 2.24) is 14.8 Å². The molecule has 132 valence electrons. The zero-order valence-electron chi connectivity index (χ0n) is 14.2. The van der Waals surface area contributed by atoms with Crippen molar-refractivity contribution in [3.63, 3.8) is 0 Å². The number of aromatic nitrogens is 3. The zero-order valence-corrected chi connectivity index (χ0v) is 15.8. The van der Waals surface area contributed by atoms with Gasteiger partial charge in [-0.3, -0.25) is 4.79 Å². The summed E-state index contributed by atoms with van der Waals surface area (Å²) in [5.74, 6) is 0.363. The predicted octanol–water partition coefficient (Wildman–Crippen LogP) is 4.95. The number of nitrogens with zero attached hydrogens (tertiary/aromatic N) is 3. The van der Waals surface area contributed by atoms with Crippen LogP contribution in [-0.2, 0) is 0 Å². The highest BCUT2D eigenvalue weighted by Crippen LogP contribution is 2.23. The van der Waals surface area contributed by atoms with Crippen molar-refractivity contribution in [2.24, 2.45) is 0 Å². The Kier molecular flexibility index (Phi) is 4.80. The van der Waals surface area contributed by atoms with Gasteiger partial charge < -0.3 is 5.32 Å². The third-order valence-corrected chi connectivity index (χ3v) is 4.47. The minimum atomic E-state index is -0.353. The first-order valence-corrected chi connectivity index (χ1v) is 9.15. The molecule has 5 nitrogen and oxygen atoms in total. The molecule has 4 aromatic rings. The quantitative estimate of drug-likeness (QED) is 0.509. The van der Waals surface area contributed by atoms with Gasteiger partial charge in [-0.05, 0) is 36.4 Å². The van der Waals surface area contributed by atoms with Gasteiger partial charge in [0.15, 0.2) is 5.82 Å². The molecule has 0 saturated heterocycles. The number of carbonyl (C=O) groups excluding carboxylic acids is 1. The minimum Gasteiger partial charge on any atom is -0.319 e. The van der Waals surface area contributed by atoms with Crippen LogP contribution in [0.5, 0.6) is 0 Å². The third kappa shape index (κ3) is 3.80. The SMILES string of the molecule is O=C(Nc1ccccc1)c1nc(-c2ccc(Br)cc2)n(-c2ccccc2)n1. The first-order chi connectivity index (χ1) is 13.2. The highest BCUT2D eigenvalue weighted by molar-refractivity contribution is 9.10. The van der Waals surface area contributed by atoms with Crippen LogP contribution < -0.4 is 5.32 Å². The molecule has 1 amide bonds. The third-order valence-electron chi connectivity index (χ3n) is 3.95. The highest BCUT2D eigenvalue weighted by atomic mass is 79.9. The van der Waals surface area contributed by atoms with Gasteiger partial charge in [0.05, 0.1) is 5.69 Å². The van der Waals surface area contributed by atoms with Crippen LogP contribution >= 0.6 is 15.9 Å². The van der Waals surface area contributed by atoms with Crippen LogP contribution in [0.15, 0.2) is 89.4 Å². The van der Waals surface area contributed by atoms with Crippen molar-refractivity contribution in [3.05, 3.63) is 95.2 Å². The molecule has 0 atom stereocenters. The summed E-state index contributed by atoms with van der Waals surface area (Å²) in [6.07, 6.45) is 0. The van der Waals surface area contributed by atoms with Crippen LogP contribution in [0.25, 0.3) is 17.1 Å². The van der Waals surface area contributed by atoms with Gasteiger partial charge in [-0.25, -0.2) is 9.67 Å². The van der Waals surface area contributed by atoms with E-state index in [0.29, 0.717) is 11.5 Å². The van der Waals surface area contributed by atoms with Crippen LogP contribution in [0.1, 0.15) is 10.6 Å².